The molecule has 1 aromatic carbocycles. The normalized spacial score (nSPS) is 36.5. The number of fused-ring (bicyclic) bond motifs is 1. The minimum Gasteiger partial charge on any atom is -0.246 e. The van der Waals surface area contributed by atoms with Crippen molar-refractivity contribution in [2.24, 2.45) is 17.9 Å². The molecule has 5 nitrogen and oxygen atoms in total. The standard InChI is InChI=1S/C19H17N3O2/c1-20-16(23)21-14-6-7-15(22(21)17(20)24)19-9-8-18(14,19)10-12-4-2-3-5-13(12)11-19/h2-9,14-15H,10-11H2,1H3/t14-,15-,18-,19+/m1/s1. The third kappa shape index (κ3) is 1.05. The summed E-state index contributed by atoms with van der Waals surface area (Å²) in [6.45, 7) is 0. The minimum absolute atomic E-state index is 0.0812. The number of aromatic nitrogens is 3. The third-order valence-electron chi connectivity index (χ3n) is 6.89. The zero-order valence-electron chi connectivity index (χ0n) is 13.3. The van der Waals surface area contributed by atoms with Gasteiger partial charge in [-0.25, -0.2) is 23.5 Å². The average Bonchev–Trinajstić information content (AvgIpc) is 2.82. The highest BCUT2D eigenvalue weighted by Crippen LogP contribution is 2.70. The fourth-order valence-corrected chi connectivity index (χ4v) is 5.68. The van der Waals surface area contributed by atoms with Gasteiger partial charge in [0.1, 0.15) is 0 Å². The Bertz CT molecular complexity index is 1020. The van der Waals surface area contributed by atoms with Crippen molar-refractivity contribution in [1.82, 2.24) is 13.9 Å². The Kier molecular flexibility index (Phi) is 1.91. The van der Waals surface area contributed by atoms with E-state index in [0.29, 0.717) is 0 Å². The van der Waals surface area contributed by atoms with Gasteiger partial charge in [-0.1, -0.05) is 48.6 Å². The van der Waals surface area contributed by atoms with Crippen molar-refractivity contribution in [1.29, 1.82) is 0 Å². The van der Waals surface area contributed by atoms with Crippen LogP contribution in [0.2, 0.25) is 0 Å². The number of nitrogens with zero attached hydrogens (tertiary/aromatic N) is 3. The first kappa shape index (κ1) is 12.8. The number of rotatable bonds is 0. The van der Waals surface area contributed by atoms with E-state index in [0.717, 1.165) is 12.8 Å². The van der Waals surface area contributed by atoms with Crippen LogP contribution in [-0.4, -0.2) is 13.9 Å². The van der Waals surface area contributed by atoms with Crippen LogP contribution >= 0.6 is 0 Å². The SMILES string of the molecule is Cn1c(=O)n2n(c1=O)[C@@H]1C=C[C@@H]2[C@@]23C=C[C@@]12Cc1ccccc1C3. The van der Waals surface area contributed by atoms with E-state index in [-0.39, 0.29) is 34.3 Å². The summed E-state index contributed by atoms with van der Waals surface area (Å²) >= 11 is 0. The molecule has 0 N–H and O–H groups in total. The summed E-state index contributed by atoms with van der Waals surface area (Å²) in [7, 11) is 1.57. The Morgan fingerprint density at radius 1 is 0.875 bits per heavy atom. The Morgan fingerprint density at radius 2 is 1.33 bits per heavy atom. The largest absolute Gasteiger partial charge is 0.347 e. The van der Waals surface area contributed by atoms with E-state index < -0.39 is 0 Å². The molecule has 2 aromatic rings. The van der Waals surface area contributed by atoms with Gasteiger partial charge in [0.25, 0.3) is 0 Å². The molecule has 24 heavy (non-hydrogen) atoms. The molecule has 0 saturated heterocycles. The van der Waals surface area contributed by atoms with Gasteiger partial charge in [0.05, 0.1) is 12.1 Å². The molecule has 0 spiro atoms. The number of benzene rings is 1. The second-order valence-electron chi connectivity index (χ2n) is 7.62. The Morgan fingerprint density at radius 3 is 1.75 bits per heavy atom. The second-order valence-corrected chi connectivity index (χ2v) is 7.62. The molecule has 5 aliphatic rings. The third-order valence-corrected chi connectivity index (χ3v) is 6.89. The maximum Gasteiger partial charge on any atom is 0.347 e. The number of hydrogen-bond donors (Lipinski definition) is 0. The monoisotopic (exact) mass is 319 g/mol. The molecule has 3 heterocycles. The molecule has 0 amide bonds. The molecule has 0 fully saturated rings. The second kappa shape index (κ2) is 3.58. The van der Waals surface area contributed by atoms with Crippen LogP contribution in [-0.2, 0) is 19.9 Å². The zero-order valence-corrected chi connectivity index (χ0v) is 13.3. The Labute approximate surface area is 138 Å². The highest BCUT2D eigenvalue weighted by Gasteiger charge is 2.68. The highest BCUT2D eigenvalue weighted by atomic mass is 16.2. The molecule has 5 heteroatoms. The summed E-state index contributed by atoms with van der Waals surface area (Å²) < 4.78 is 4.63. The molecule has 0 saturated carbocycles. The van der Waals surface area contributed by atoms with Gasteiger partial charge in [0.15, 0.2) is 0 Å². The topological polar surface area (TPSA) is 48.9 Å². The van der Waals surface area contributed by atoms with E-state index in [2.05, 4.69) is 48.6 Å². The van der Waals surface area contributed by atoms with Crippen molar-refractivity contribution >= 4 is 0 Å². The number of allylic oxidation sites excluding steroid dienone is 4. The van der Waals surface area contributed by atoms with Crippen molar-refractivity contribution in [2.75, 3.05) is 0 Å². The highest BCUT2D eigenvalue weighted by molar-refractivity contribution is 5.49. The first-order valence-electron chi connectivity index (χ1n) is 8.45. The molecular weight excluding hydrogens is 302 g/mol. The van der Waals surface area contributed by atoms with E-state index in [1.165, 1.54) is 15.7 Å². The quantitative estimate of drug-likeness (QED) is 0.688. The minimum atomic E-state index is -0.207. The molecule has 1 aromatic heterocycles. The van der Waals surface area contributed by atoms with Gasteiger partial charge in [-0.05, 0) is 24.0 Å². The fourth-order valence-electron chi connectivity index (χ4n) is 5.68. The van der Waals surface area contributed by atoms with Gasteiger partial charge in [0.2, 0.25) is 0 Å². The van der Waals surface area contributed by atoms with Crippen LogP contribution in [0.4, 0.5) is 0 Å². The van der Waals surface area contributed by atoms with E-state index in [9.17, 15) is 9.59 Å². The van der Waals surface area contributed by atoms with Crippen LogP contribution in [0.25, 0.3) is 0 Å². The molecule has 7 rings (SSSR count). The van der Waals surface area contributed by atoms with Crippen LogP contribution in [0.5, 0.6) is 0 Å². The summed E-state index contributed by atoms with van der Waals surface area (Å²) in [5.41, 5.74) is 2.16. The van der Waals surface area contributed by atoms with Gasteiger partial charge in [-0.3, -0.25) is 0 Å². The fraction of sp³-hybridized carbons (Fsp3) is 0.368. The van der Waals surface area contributed by atoms with E-state index >= 15 is 0 Å². The van der Waals surface area contributed by atoms with E-state index in [4.69, 9.17) is 0 Å². The predicted molar refractivity (Wildman–Crippen MR) is 89.0 cm³/mol. The predicted octanol–water partition coefficient (Wildman–Crippen LogP) is 1.36. The lowest BCUT2D eigenvalue weighted by Crippen LogP contribution is -2.66. The summed E-state index contributed by atoms with van der Waals surface area (Å²) in [6.07, 6.45) is 10.7. The molecule has 2 bridgehead atoms. The zero-order chi connectivity index (χ0) is 16.3. The summed E-state index contributed by atoms with van der Waals surface area (Å²) in [5, 5.41) is 0. The van der Waals surface area contributed by atoms with Gasteiger partial charge < -0.3 is 0 Å². The Balaban J connectivity index is 1.69. The van der Waals surface area contributed by atoms with Gasteiger partial charge in [-0.2, -0.15) is 0 Å². The smallest absolute Gasteiger partial charge is 0.246 e. The summed E-state index contributed by atoms with van der Waals surface area (Å²) in [5.74, 6) is 0. The van der Waals surface area contributed by atoms with Crippen LogP contribution in [0, 0.1) is 10.8 Å². The lowest BCUT2D eigenvalue weighted by Gasteiger charge is -2.67. The molecule has 4 atom stereocenters. The van der Waals surface area contributed by atoms with E-state index in [1.807, 2.05) is 0 Å². The van der Waals surface area contributed by atoms with Crippen molar-refractivity contribution in [3.05, 3.63) is 80.7 Å². The van der Waals surface area contributed by atoms with Crippen molar-refractivity contribution in [2.45, 2.75) is 24.9 Å². The average molecular weight is 319 g/mol. The van der Waals surface area contributed by atoms with Crippen molar-refractivity contribution in [3.8, 4) is 0 Å². The van der Waals surface area contributed by atoms with Gasteiger partial charge >= 0.3 is 11.4 Å². The molecule has 120 valence electrons. The summed E-state index contributed by atoms with van der Waals surface area (Å²) in [4.78, 5) is 25.3. The molecule has 2 aliphatic heterocycles. The maximum absolute atomic E-state index is 12.7. The summed E-state index contributed by atoms with van der Waals surface area (Å²) in [6, 6.07) is 8.42. The molecular formula is C19H17N3O2. The van der Waals surface area contributed by atoms with Crippen LogP contribution in [0.1, 0.15) is 23.2 Å². The lowest BCUT2D eigenvalue weighted by molar-refractivity contribution is -0.0569. The Hall–Kier alpha value is -2.56. The van der Waals surface area contributed by atoms with Crippen LogP contribution in [0.15, 0.2) is 58.2 Å². The van der Waals surface area contributed by atoms with Crippen LogP contribution < -0.4 is 11.4 Å². The first-order valence-corrected chi connectivity index (χ1v) is 8.45. The first-order chi connectivity index (χ1) is 11.6. The van der Waals surface area contributed by atoms with Crippen molar-refractivity contribution < 1.29 is 0 Å². The van der Waals surface area contributed by atoms with E-state index in [1.54, 1.807) is 16.4 Å². The lowest BCUT2D eigenvalue weighted by atomic mass is 9.41. The van der Waals surface area contributed by atoms with Gasteiger partial charge in [0, 0.05) is 17.9 Å². The van der Waals surface area contributed by atoms with Crippen LogP contribution in [0.3, 0.4) is 0 Å². The maximum atomic E-state index is 12.7. The number of hydrogen-bond acceptors (Lipinski definition) is 2. The van der Waals surface area contributed by atoms with Crippen molar-refractivity contribution in [3.63, 3.8) is 0 Å². The molecule has 0 radical (unpaired) electrons. The molecule has 0 unspecified atom stereocenters. The molecule has 3 aliphatic carbocycles. The van der Waals surface area contributed by atoms with Gasteiger partial charge in [-0.15, -0.1) is 0 Å².